The maximum Gasteiger partial charge on any atom is 0.0900 e. The molecule has 1 aromatic carbocycles. The standard InChI is InChI=1S/C15H21N3S/c1-4-5-12-6-8-13(9-7-12)14(18-16)15-10(2)17-11(3)19-15/h6-9,14,18H,4-5,16H2,1-3H3. The molecule has 0 radical (unpaired) electrons. The number of benzene rings is 1. The lowest BCUT2D eigenvalue weighted by Gasteiger charge is -2.16. The summed E-state index contributed by atoms with van der Waals surface area (Å²) in [4.78, 5) is 5.67. The van der Waals surface area contributed by atoms with Crippen LogP contribution in [0.15, 0.2) is 24.3 Å². The third-order valence-electron chi connectivity index (χ3n) is 3.22. The molecule has 1 atom stereocenters. The molecule has 19 heavy (non-hydrogen) atoms. The van der Waals surface area contributed by atoms with E-state index in [2.05, 4.69) is 41.6 Å². The SMILES string of the molecule is CCCc1ccc(C(NN)c2sc(C)nc2C)cc1. The fraction of sp³-hybridized carbons (Fsp3) is 0.400. The Labute approximate surface area is 118 Å². The number of nitrogens with one attached hydrogen (secondary N) is 1. The van der Waals surface area contributed by atoms with Crippen LogP contribution in [0.1, 0.15) is 46.1 Å². The summed E-state index contributed by atoms with van der Waals surface area (Å²) in [5, 5.41) is 1.08. The Morgan fingerprint density at radius 1 is 1.26 bits per heavy atom. The third kappa shape index (κ3) is 3.21. The molecule has 0 aliphatic carbocycles. The minimum Gasteiger partial charge on any atom is -0.271 e. The number of hydrogen-bond donors (Lipinski definition) is 2. The number of hydrogen-bond acceptors (Lipinski definition) is 4. The fourth-order valence-electron chi connectivity index (χ4n) is 2.30. The van der Waals surface area contributed by atoms with Gasteiger partial charge < -0.3 is 0 Å². The Kier molecular flexibility index (Phi) is 4.69. The van der Waals surface area contributed by atoms with Crippen molar-refractivity contribution in [1.29, 1.82) is 0 Å². The monoisotopic (exact) mass is 275 g/mol. The molecule has 0 spiro atoms. The van der Waals surface area contributed by atoms with Crippen molar-refractivity contribution in [3.63, 3.8) is 0 Å². The number of aromatic nitrogens is 1. The molecule has 0 amide bonds. The summed E-state index contributed by atoms with van der Waals surface area (Å²) in [6, 6.07) is 8.72. The zero-order valence-corrected chi connectivity index (χ0v) is 12.6. The first kappa shape index (κ1) is 14.2. The Hall–Kier alpha value is -1.23. The number of thiazole rings is 1. The van der Waals surface area contributed by atoms with Gasteiger partial charge in [-0.3, -0.25) is 5.84 Å². The number of nitrogens with two attached hydrogens (primary N) is 1. The topological polar surface area (TPSA) is 50.9 Å². The summed E-state index contributed by atoms with van der Waals surface area (Å²) in [5.41, 5.74) is 6.53. The van der Waals surface area contributed by atoms with E-state index in [1.165, 1.54) is 22.4 Å². The van der Waals surface area contributed by atoms with Crippen LogP contribution in [0.25, 0.3) is 0 Å². The molecule has 0 aliphatic heterocycles. The van der Waals surface area contributed by atoms with Crippen molar-refractivity contribution >= 4 is 11.3 Å². The summed E-state index contributed by atoms with van der Waals surface area (Å²) in [6.45, 7) is 6.26. The van der Waals surface area contributed by atoms with Crippen molar-refractivity contribution in [1.82, 2.24) is 10.4 Å². The maximum absolute atomic E-state index is 5.74. The van der Waals surface area contributed by atoms with E-state index >= 15 is 0 Å². The lowest BCUT2D eigenvalue weighted by Crippen LogP contribution is -2.28. The van der Waals surface area contributed by atoms with Crippen LogP contribution in [-0.2, 0) is 6.42 Å². The van der Waals surface area contributed by atoms with Crippen LogP contribution in [-0.4, -0.2) is 4.98 Å². The van der Waals surface area contributed by atoms with Gasteiger partial charge in [0.2, 0.25) is 0 Å². The molecule has 0 bridgehead atoms. The predicted molar refractivity (Wildman–Crippen MR) is 81.2 cm³/mol. The van der Waals surface area contributed by atoms with Gasteiger partial charge in [-0.05, 0) is 31.4 Å². The number of nitrogens with zero attached hydrogens (tertiary/aromatic N) is 1. The van der Waals surface area contributed by atoms with Gasteiger partial charge in [-0.2, -0.15) is 0 Å². The van der Waals surface area contributed by atoms with Gasteiger partial charge in [0.25, 0.3) is 0 Å². The van der Waals surface area contributed by atoms with E-state index in [0.717, 1.165) is 17.1 Å². The summed E-state index contributed by atoms with van der Waals surface area (Å²) >= 11 is 1.70. The van der Waals surface area contributed by atoms with Crippen LogP contribution in [0, 0.1) is 13.8 Å². The maximum atomic E-state index is 5.74. The Balaban J connectivity index is 2.29. The highest BCUT2D eigenvalue weighted by molar-refractivity contribution is 7.11. The second-order valence-electron chi connectivity index (χ2n) is 4.77. The molecular formula is C15H21N3S. The van der Waals surface area contributed by atoms with Gasteiger partial charge in [0.05, 0.1) is 21.6 Å². The number of hydrazine groups is 1. The first-order valence-corrected chi connectivity index (χ1v) is 7.46. The van der Waals surface area contributed by atoms with Gasteiger partial charge in [0, 0.05) is 0 Å². The van der Waals surface area contributed by atoms with E-state index in [0.29, 0.717) is 0 Å². The van der Waals surface area contributed by atoms with E-state index in [9.17, 15) is 0 Å². The third-order valence-corrected chi connectivity index (χ3v) is 4.36. The molecule has 1 unspecified atom stereocenters. The lowest BCUT2D eigenvalue weighted by molar-refractivity contribution is 0.641. The van der Waals surface area contributed by atoms with Crippen LogP contribution in [0.4, 0.5) is 0 Å². The average Bonchev–Trinajstić information content (AvgIpc) is 2.72. The molecule has 0 saturated carbocycles. The lowest BCUT2D eigenvalue weighted by atomic mass is 10.0. The Morgan fingerprint density at radius 2 is 1.95 bits per heavy atom. The highest BCUT2D eigenvalue weighted by atomic mass is 32.1. The van der Waals surface area contributed by atoms with E-state index in [1.54, 1.807) is 11.3 Å². The molecule has 1 heterocycles. The molecule has 4 heteroatoms. The van der Waals surface area contributed by atoms with E-state index in [4.69, 9.17) is 5.84 Å². The quantitative estimate of drug-likeness (QED) is 0.650. The molecule has 0 saturated heterocycles. The van der Waals surface area contributed by atoms with Crippen molar-refractivity contribution in [3.05, 3.63) is 51.0 Å². The second-order valence-corrected chi connectivity index (χ2v) is 6.01. The summed E-state index contributed by atoms with van der Waals surface area (Å²) < 4.78 is 0. The molecule has 2 rings (SSSR count). The zero-order chi connectivity index (χ0) is 13.8. The molecule has 1 aromatic heterocycles. The van der Waals surface area contributed by atoms with Crippen molar-refractivity contribution in [3.8, 4) is 0 Å². The molecular weight excluding hydrogens is 254 g/mol. The van der Waals surface area contributed by atoms with Crippen molar-refractivity contribution < 1.29 is 0 Å². The normalized spacial score (nSPS) is 12.6. The summed E-state index contributed by atoms with van der Waals surface area (Å²) in [5.74, 6) is 5.74. The first-order chi connectivity index (χ1) is 9.15. The molecule has 2 aromatic rings. The number of rotatable bonds is 5. The highest BCUT2D eigenvalue weighted by Gasteiger charge is 2.18. The van der Waals surface area contributed by atoms with Gasteiger partial charge in [-0.25, -0.2) is 10.4 Å². The van der Waals surface area contributed by atoms with Gasteiger partial charge in [-0.15, -0.1) is 11.3 Å². The van der Waals surface area contributed by atoms with Crippen LogP contribution < -0.4 is 11.3 Å². The van der Waals surface area contributed by atoms with Crippen molar-refractivity contribution in [2.24, 2.45) is 5.84 Å². The van der Waals surface area contributed by atoms with Gasteiger partial charge in [0.1, 0.15) is 0 Å². The second kappa shape index (κ2) is 6.28. The zero-order valence-electron chi connectivity index (χ0n) is 11.7. The summed E-state index contributed by atoms with van der Waals surface area (Å²) in [7, 11) is 0. The van der Waals surface area contributed by atoms with Crippen LogP contribution >= 0.6 is 11.3 Å². The Morgan fingerprint density at radius 3 is 2.42 bits per heavy atom. The van der Waals surface area contributed by atoms with Gasteiger partial charge in [-0.1, -0.05) is 37.6 Å². The van der Waals surface area contributed by atoms with Crippen LogP contribution in [0.3, 0.4) is 0 Å². The molecule has 0 aliphatic rings. The molecule has 0 fully saturated rings. The predicted octanol–water partition coefficient (Wildman–Crippen LogP) is 3.27. The average molecular weight is 275 g/mol. The fourth-order valence-corrected chi connectivity index (χ4v) is 3.32. The van der Waals surface area contributed by atoms with Crippen molar-refractivity contribution in [2.45, 2.75) is 39.7 Å². The largest absolute Gasteiger partial charge is 0.271 e. The number of aryl methyl sites for hydroxylation is 3. The molecule has 3 nitrogen and oxygen atoms in total. The van der Waals surface area contributed by atoms with Crippen molar-refractivity contribution in [2.75, 3.05) is 0 Å². The van der Waals surface area contributed by atoms with Crippen LogP contribution in [0.5, 0.6) is 0 Å². The van der Waals surface area contributed by atoms with E-state index in [1.807, 2.05) is 13.8 Å². The van der Waals surface area contributed by atoms with Gasteiger partial charge >= 0.3 is 0 Å². The van der Waals surface area contributed by atoms with Crippen LogP contribution in [0.2, 0.25) is 0 Å². The minimum atomic E-state index is 0.0295. The van der Waals surface area contributed by atoms with Gasteiger partial charge in [0.15, 0.2) is 0 Å². The smallest absolute Gasteiger partial charge is 0.0900 e. The first-order valence-electron chi connectivity index (χ1n) is 6.64. The molecule has 3 N–H and O–H groups in total. The highest BCUT2D eigenvalue weighted by Crippen LogP contribution is 2.29. The Bertz CT molecular complexity index is 531. The van der Waals surface area contributed by atoms with E-state index in [-0.39, 0.29) is 6.04 Å². The van der Waals surface area contributed by atoms with E-state index < -0.39 is 0 Å². The minimum absolute atomic E-state index is 0.0295. The summed E-state index contributed by atoms with van der Waals surface area (Å²) in [6.07, 6.45) is 2.30. The molecule has 102 valence electrons.